The number of hydrogen-bond acceptors (Lipinski definition) is 4. The minimum atomic E-state index is -0.959. The highest BCUT2D eigenvalue weighted by atomic mass is 35.5. The molecule has 0 radical (unpaired) electrons. The summed E-state index contributed by atoms with van der Waals surface area (Å²) in [6.45, 7) is 1.73. The summed E-state index contributed by atoms with van der Waals surface area (Å²) >= 11 is 4.39. The van der Waals surface area contributed by atoms with E-state index in [1.807, 2.05) is 7.05 Å². The molecule has 1 fully saturated rings. The van der Waals surface area contributed by atoms with E-state index in [4.69, 9.17) is 10.8 Å². The van der Waals surface area contributed by atoms with Crippen molar-refractivity contribution in [2.75, 3.05) is 20.1 Å². The van der Waals surface area contributed by atoms with Gasteiger partial charge in [0, 0.05) is 4.75 Å². The van der Waals surface area contributed by atoms with Gasteiger partial charge in [0.25, 0.3) is 0 Å². The van der Waals surface area contributed by atoms with Gasteiger partial charge in [-0.25, -0.2) is 0 Å². The first-order valence-electron chi connectivity index (χ1n) is 4.35. The molecule has 1 rings (SSSR count). The van der Waals surface area contributed by atoms with Crippen molar-refractivity contribution >= 4 is 43.4 Å². The molecule has 0 aromatic rings. The van der Waals surface area contributed by atoms with Gasteiger partial charge in [-0.3, -0.25) is 4.79 Å². The van der Waals surface area contributed by atoms with Crippen LogP contribution < -0.4 is 5.73 Å². The maximum Gasteiger partial charge on any atom is 0.321 e. The fourth-order valence-corrected chi connectivity index (χ4v) is 1.86. The predicted octanol–water partition coefficient (Wildman–Crippen LogP) is 0.636. The minimum absolute atomic E-state index is 0. The molecule has 0 amide bonds. The summed E-state index contributed by atoms with van der Waals surface area (Å²) in [6, 6.07) is -0.857. The van der Waals surface area contributed by atoms with Crippen molar-refractivity contribution in [3.63, 3.8) is 0 Å². The highest BCUT2D eigenvalue weighted by Crippen LogP contribution is 2.30. The number of nitrogens with two attached hydrogens (primary N) is 1. The smallest absolute Gasteiger partial charge is 0.321 e. The molecule has 0 aromatic heterocycles. The second kappa shape index (κ2) is 6.81. The van der Waals surface area contributed by atoms with Crippen LogP contribution in [0.3, 0.4) is 0 Å². The van der Waals surface area contributed by atoms with Crippen LogP contribution in [0.15, 0.2) is 0 Å². The van der Waals surface area contributed by atoms with Gasteiger partial charge in [-0.1, -0.05) is 0 Å². The quantitative estimate of drug-likeness (QED) is 0.648. The first-order chi connectivity index (χ1) is 5.96. The van der Waals surface area contributed by atoms with E-state index < -0.39 is 16.8 Å². The SMILES string of the molecule is CN1CCC(S)(C(N)C(=O)O)CC1.Cl.Cl. The summed E-state index contributed by atoms with van der Waals surface area (Å²) in [4.78, 5) is 12.9. The van der Waals surface area contributed by atoms with Crippen LogP contribution in [0.4, 0.5) is 0 Å². The van der Waals surface area contributed by atoms with Crippen molar-refractivity contribution < 1.29 is 9.90 Å². The van der Waals surface area contributed by atoms with Gasteiger partial charge in [-0.2, -0.15) is 12.6 Å². The lowest BCUT2D eigenvalue weighted by Crippen LogP contribution is -2.54. The van der Waals surface area contributed by atoms with Crippen LogP contribution in [0.5, 0.6) is 0 Å². The minimum Gasteiger partial charge on any atom is -0.480 e. The lowest BCUT2D eigenvalue weighted by Gasteiger charge is -2.39. The summed E-state index contributed by atoms with van der Waals surface area (Å²) in [5, 5.41) is 8.78. The molecule has 3 N–H and O–H groups in total. The Hall–Kier alpha value is 0.320. The van der Waals surface area contributed by atoms with Gasteiger partial charge in [0.05, 0.1) is 0 Å². The van der Waals surface area contributed by atoms with Crippen molar-refractivity contribution in [1.29, 1.82) is 0 Å². The van der Waals surface area contributed by atoms with Gasteiger partial charge in [0.2, 0.25) is 0 Å². The van der Waals surface area contributed by atoms with Crippen molar-refractivity contribution in [1.82, 2.24) is 4.90 Å². The topological polar surface area (TPSA) is 66.6 Å². The number of carboxylic acids is 1. The number of piperidine rings is 1. The second-order valence-corrected chi connectivity index (χ2v) is 4.61. The van der Waals surface area contributed by atoms with Gasteiger partial charge in [-0.05, 0) is 33.0 Å². The van der Waals surface area contributed by atoms with E-state index in [-0.39, 0.29) is 24.8 Å². The Labute approximate surface area is 108 Å². The van der Waals surface area contributed by atoms with Gasteiger partial charge in [0.15, 0.2) is 0 Å². The number of halogens is 2. The van der Waals surface area contributed by atoms with E-state index in [1.54, 1.807) is 0 Å². The number of nitrogens with zero attached hydrogens (tertiary/aromatic N) is 1. The fourth-order valence-electron chi connectivity index (χ4n) is 1.55. The number of thiol groups is 1. The zero-order valence-corrected chi connectivity index (χ0v) is 11.1. The Kier molecular flexibility index (Phi) is 8.03. The molecule has 1 aliphatic heterocycles. The first-order valence-corrected chi connectivity index (χ1v) is 4.80. The van der Waals surface area contributed by atoms with Gasteiger partial charge >= 0.3 is 5.97 Å². The monoisotopic (exact) mass is 276 g/mol. The summed E-state index contributed by atoms with van der Waals surface area (Å²) < 4.78 is -0.529. The number of aliphatic carboxylic acids is 1. The zero-order chi connectivity index (χ0) is 10.1. The Morgan fingerprint density at radius 2 is 1.87 bits per heavy atom. The molecule has 7 heteroatoms. The maximum atomic E-state index is 10.7. The molecular weight excluding hydrogens is 259 g/mol. The van der Waals surface area contributed by atoms with E-state index in [9.17, 15) is 4.79 Å². The molecular formula is C8H18Cl2N2O2S. The maximum absolute atomic E-state index is 10.7. The molecule has 0 aromatic carbocycles. The van der Waals surface area contributed by atoms with E-state index in [0.29, 0.717) is 0 Å². The standard InChI is InChI=1S/C8H16N2O2S.2ClH/c1-10-4-2-8(13,3-5-10)6(9)7(11)12;;/h6,13H,2-5,9H2,1H3,(H,11,12);2*1H. The lowest BCUT2D eigenvalue weighted by molar-refractivity contribution is -0.139. The Balaban J connectivity index is 0. The highest BCUT2D eigenvalue weighted by Gasteiger charge is 2.39. The summed E-state index contributed by atoms with van der Waals surface area (Å²) in [5.41, 5.74) is 5.58. The molecule has 1 heterocycles. The average molecular weight is 277 g/mol. The van der Waals surface area contributed by atoms with Crippen LogP contribution in [0.1, 0.15) is 12.8 Å². The number of carbonyl (C=O) groups is 1. The molecule has 0 spiro atoms. The molecule has 1 aliphatic rings. The number of hydrogen-bond donors (Lipinski definition) is 3. The molecule has 1 atom stereocenters. The zero-order valence-electron chi connectivity index (χ0n) is 8.55. The molecule has 0 aliphatic carbocycles. The van der Waals surface area contributed by atoms with Crippen LogP contribution in [-0.2, 0) is 4.79 Å². The summed E-state index contributed by atoms with van der Waals surface area (Å²) in [7, 11) is 2.01. The van der Waals surface area contributed by atoms with Gasteiger partial charge in [0.1, 0.15) is 6.04 Å². The van der Waals surface area contributed by atoms with E-state index >= 15 is 0 Å². The van der Waals surface area contributed by atoms with Crippen LogP contribution in [0, 0.1) is 0 Å². The van der Waals surface area contributed by atoms with E-state index in [2.05, 4.69) is 17.5 Å². The molecule has 1 saturated heterocycles. The van der Waals surface area contributed by atoms with E-state index in [1.165, 1.54) is 0 Å². The molecule has 4 nitrogen and oxygen atoms in total. The number of rotatable bonds is 2. The van der Waals surface area contributed by atoms with Crippen molar-refractivity contribution in [3.8, 4) is 0 Å². The third-order valence-corrected chi connectivity index (χ3v) is 3.42. The molecule has 0 saturated carbocycles. The average Bonchev–Trinajstić information content (AvgIpc) is 2.09. The first kappa shape index (κ1) is 17.7. The van der Waals surface area contributed by atoms with Crippen molar-refractivity contribution in [3.05, 3.63) is 0 Å². The molecule has 15 heavy (non-hydrogen) atoms. The Morgan fingerprint density at radius 3 is 2.20 bits per heavy atom. The van der Waals surface area contributed by atoms with Crippen LogP contribution in [0.2, 0.25) is 0 Å². The molecule has 92 valence electrons. The largest absolute Gasteiger partial charge is 0.480 e. The Bertz CT molecular complexity index is 211. The molecule has 1 unspecified atom stereocenters. The fraction of sp³-hybridized carbons (Fsp3) is 0.875. The third-order valence-electron chi connectivity index (χ3n) is 2.70. The number of carboxylic acid groups (broad SMARTS) is 1. The summed E-state index contributed by atoms with van der Waals surface area (Å²) in [5.74, 6) is -0.959. The van der Waals surface area contributed by atoms with Crippen molar-refractivity contribution in [2.45, 2.75) is 23.6 Å². The van der Waals surface area contributed by atoms with Gasteiger partial charge < -0.3 is 15.7 Å². The van der Waals surface area contributed by atoms with Crippen LogP contribution in [0.25, 0.3) is 0 Å². The van der Waals surface area contributed by atoms with Crippen LogP contribution in [-0.4, -0.2) is 46.9 Å². The number of likely N-dealkylation sites (tertiary alicyclic amines) is 1. The summed E-state index contributed by atoms with van der Waals surface area (Å²) in [6.07, 6.45) is 1.47. The highest BCUT2D eigenvalue weighted by molar-refractivity contribution is 7.82. The van der Waals surface area contributed by atoms with Gasteiger partial charge in [-0.15, -0.1) is 24.8 Å². The normalized spacial score (nSPS) is 22.1. The van der Waals surface area contributed by atoms with Crippen LogP contribution >= 0.6 is 37.4 Å². The second-order valence-electron chi connectivity index (χ2n) is 3.72. The lowest BCUT2D eigenvalue weighted by atomic mass is 9.89. The van der Waals surface area contributed by atoms with Crippen molar-refractivity contribution in [2.24, 2.45) is 5.73 Å². The third kappa shape index (κ3) is 4.36. The Morgan fingerprint density at radius 1 is 1.47 bits per heavy atom. The predicted molar refractivity (Wildman–Crippen MR) is 68.6 cm³/mol. The van der Waals surface area contributed by atoms with E-state index in [0.717, 1.165) is 25.9 Å². The molecule has 0 bridgehead atoms.